The Kier molecular flexibility index (Phi) is 5.52. The second-order valence-electron chi connectivity index (χ2n) is 2.97. The van der Waals surface area contributed by atoms with Crippen molar-refractivity contribution in [1.29, 1.82) is 0 Å². The van der Waals surface area contributed by atoms with Crippen LogP contribution >= 0.6 is 0 Å². The van der Waals surface area contributed by atoms with Crippen LogP contribution in [0.2, 0.25) is 0 Å². The molecular weight excluding hydrogens is 195 g/mol. The van der Waals surface area contributed by atoms with Gasteiger partial charge in [-0.25, -0.2) is 0 Å². The molecule has 0 radical (unpaired) electrons. The summed E-state index contributed by atoms with van der Waals surface area (Å²) >= 11 is 0. The van der Waals surface area contributed by atoms with Gasteiger partial charge in [0, 0.05) is 0 Å². The van der Waals surface area contributed by atoms with Crippen LogP contribution in [0.15, 0.2) is 60.7 Å². The van der Waals surface area contributed by atoms with Crippen molar-refractivity contribution in [3.63, 3.8) is 0 Å². The van der Waals surface area contributed by atoms with Crippen LogP contribution in [0.25, 0.3) is 0 Å². The van der Waals surface area contributed by atoms with Gasteiger partial charge >= 0.3 is 51.4 Å². The third kappa shape index (κ3) is 3.60. The molecule has 0 heterocycles. The molecule has 0 N–H and O–H groups in total. The van der Waals surface area contributed by atoms with Crippen LogP contribution in [-0.2, 0) is 0 Å². The van der Waals surface area contributed by atoms with Crippen molar-refractivity contribution in [3.05, 3.63) is 78.2 Å². The Hall–Kier alpha value is -0.0536. The number of rotatable bonds is 2. The molecule has 0 fully saturated rings. The molecule has 0 saturated heterocycles. The molecule has 0 aliphatic heterocycles. The third-order valence-electron chi connectivity index (χ3n) is 1.93. The molecule has 64 valence electrons. The Balaban J connectivity index is 0.000000980. The Morgan fingerprint density at radius 3 is 1.29 bits per heavy atom. The fraction of sp³-hybridized carbons (Fsp3) is 0. The molecule has 1 heteroatoms. The molecule has 0 aliphatic rings. The molecule has 0 bridgehead atoms. The first kappa shape index (κ1) is 12.0. The molecule has 2 aromatic rings. The van der Waals surface area contributed by atoms with E-state index in [-0.39, 0.29) is 51.4 Å². The standard InChI is InChI=1S/C13H11.K/c1-3-7-12(8-4-1)11-13-9-5-2-6-10-13;/h1-11H;/q-1;+1. The second kappa shape index (κ2) is 6.43. The van der Waals surface area contributed by atoms with Crippen molar-refractivity contribution >= 4 is 0 Å². The van der Waals surface area contributed by atoms with E-state index in [0.29, 0.717) is 0 Å². The van der Waals surface area contributed by atoms with Gasteiger partial charge in [-0.3, -0.25) is 0 Å². The first-order valence-electron chi connectivity index (χ1n) is 4.40. The minimum absolute atomic E-state index is 0. The van der Waals surface area contributed by atoms with E-state index in [1.54, 1.807) is 0 Å². The zero-order valence-electron chi connectivity index (χ0n) is 8.35. The zero-order chi connectivity index (χ0) is 8.93. The number of hydrogen-bond acceptors (Lipinski definition) is 0. The smallest absolute Gasteiger partial charge is 0.126 e. The minimum atomic E-state index is 0. The van der Waals surface area contributed by atoms with Crippen LogP contribution in [0.5, 0.6) is 0 Å². The molecule has 0 aromatic heterocycles. The summed E-state index contributed by atoms with van der Waals surface area (Å²) in [5.41, 5.74) is 2.49. The maximum Gasteiger partial charge on any atom is 1.00 e. The van der Waals surface area contributed by atoms with Gasteiger partial charge in [0.05, 0.1) is 0 Å². The van der Waals surface area contributed by atoms with Crippen LogP contribution in [0.1, 0.15) is 11.1 Å². The van der Waals surface area contributed by atoms with Crippen molar-refractivity contribution in [2.24, 2.45) is 0 Å². The van der Waals surface area contributed by atoms with E-state index in [9.17, 15) is 0 Å². The fourth-order valence-corrected chi connectivity index (χ4v) is 1.29. The van der Waals surface area contributed by atoms with Crippen molar-refractivity contribution in [1.82, 2.24) is 0 Å². The van der Waals surface area contributed by atoms with Gasteiger partial charge in [-0.15, -0.1) is 41.8 Å². The minimum Gasteiger partial charge on any atom is -0.126 e. The van der Waals surface area contributed by atoms with Gasteiger partial charge in [0.1, 0.15) is 0 Å². The van der Waals surface area contributed by atoms with Crippen molar-refractivity contribution in [2.75, 3.05) is 0 Å². The summed E-state index contributed by atoms with van der Waals surface area (Å²) in [5.74, 6) is 0. The monoisotopic (exact) mass is 206 g/mol. The van der Waals surface area contributed by atoms with Crippen LogP contribution in [0.4, 0.5) is 0 Å². The van der Waals surface area contributed by atoms with E-state index in [1.807, 2.05) is 12.1 Å². The molecule has 14 heavy (non-hydrogen) atoms. The Labute approximate surface area is 128 Å². The Morgan fingerprint density at radius 1 is 0.571 bits per heavy atom. The van der Waals surface area contributed by atoms with Crippen molar-refractivity contribution < 1.29 is 51.4 Å². The van der Waals surface area contributed by atoms with E-state index in [4.69, 9.17) is 0 Å². The molecule has 0 amide bonds. The molecule has 0 unspecified atom stereocenters. The van der Waals surface area contributed by atoms with E-state index in [0.717, 1.165) is 0 Å². The average molecular weight is 206 g/mol. The SMILES string of the molecule is [K+].c1ccc([CH-]c2ccccc2)cc1. The van der Waals surface area contributed by atoms with Crippen LogP contribution in [0, 0.1) is 6.42 Å². The quantitative estimate of drug-likeness (QED) is 0.489. The fourth-order valence-electron chi connectivity index (χ4n) is 1.29. The molecule has 0 aliphatic carbocycles. The van der Waals surface area contributed by atoms with Gasteiger partial charge in [0.25, 0.3) is 0 Å². The summed E-state index contributed by atoms with van der Waals surface area (Å²) in [5, 5.41) is 0. The molecule has 0 saturated carbocycles. The van der Waals surface area contributed by atoms with E-state index < -0.39 is 0 Å². The molecular formula is C13H11K. The first-order chi connectivity index (χ1) is 6.45. The Morgan fingerprint density at radius 2 is 0.929 bits per heavy atom. The average Bonchev–Trinajstić information content (AvgIpc) is 2.21. The number of benzene rings is 2. The van der Waals surface area contributed by atoms with Crippen molar-refractivity contribution in [3.8, 4) is 0 Å². The zero-order valence-corrected chi connectivity index (χ0v) is 11.5. The van der Waals surface area contributed by atoms with Gasteiger partial charge < -0.3 is 0 Å². The van der Waals surface area contributed by atoms with Crippen molar-refractivity contribution in [2.45, 2.75) is 0 Å². The molecule has 0 nitrogen and oxygen atoms in total. The summed E-state index contributed by atoms with van der Waals surface area (Å²) in [4.78, 5) is 0. The summed E-state index contributed by atoms with van der Waals surface area (Å²) in [6, 6.07) is 20.7. The third-order valence-corrected chi connectivity index (χ3v) is 1.93. The summed E-state index contributed by atoms with van der Waals surface area (Å²) < 4.78 is 0. The maximum atomic E-state index is 2.17. The van der Waals surface area contributed by atoms with Gasteiger partial charge in [-0.05, 0) is 0 Å². The van der Waals surface area contributed by atoms with Crippen LogP contribution < -0.4 is 51.4 Å². The molecule has 0 spiro atoms. The summed E-state index contributed by atoms with van der Waals surface area (Å²) in [6.45, 7) is 0. The predicted molar refractivity (Wildman–Crippen MR) is 55.4 cm³/mol. The van der Waals surface area contributed by atoms with Gasteiger partial charge in [0.2, 0.25) is 0 Å². The topological polar surface area (TPSA) is 0 Å². The molecule has 0 atom stereocenters. The van der Waals surface area contributed by atoms with Crippen LogP contribution in [0.3, 0.4) is 0 Å². The predicted octanol–water partition coefficient (Wildman–Crippen LogP) is 0.291. The maximum absolute atomic E-state index is 2.17. The summed E-state index contributed by atoms with van der Waals surface area (Å²) in [6.07, 6.45) is 2.17. The van der Waals surface area contributed by atoms with E-state index in [1.165, 1.54) is 11.1 Å². The first-order valence-corrected chi connectivity index (χ1v) is 4.40. The summed E-state index contributed by atoms with van der Waals surface area (Å²) in [7, 11) is 0. The molecule has 2 aromatic carbocycles. The normalized spacial score (nSPS) is 8.86. The van der Waals surface area contributed by atoms with Crippen LogP contribution in [-0.4, -0.2) is 0 Å². The van der Waals surface area contributed by atoms with Gasteiger partial charge in [0.15, 0.2) is 0 Å². The van der Waals surface area contributed by atoms with E-state index >= 15 is 0 Å². The largest absolute Gasteiger partial charge is 1.00 e. The van der Waals surface area contributed by atoms with Gasteiger partial charge in [-0.2, -0.15) is 0 Å². The number of hydrogen-bond donors (Lipinski definition) is 0. The Bertz CT molecular complexity index is 316. The van der Waals surface area contributed by atoms with Gasteiger partial charge in [-0.1, -0.05) is 36.4 Å². The molecule has 2 rings (SSSR count). The second-order valence-corrected chi connectivity index (χ2v) is 2.97. The van der Waals surface area contributed by atoms with E-state index in [2.05, 4.69) is 55.0 Å².